The summed E-state index contributed by atoms with van der Waals surface area (Å²) >= 11 is 0. The van der Waals surface area contributed by atoms with Gasteiger partial charge < -0.3 is 30.9 Å². The summed E-state index contributed by atoms with van der Waals surface area (Å²) in [5.74, 6) is 0.227. The number of halogens is 1. The molecule has 1 saturated heterocycles. The van der Waals surface area contributed by atoms with Crippen molar-refractivity contribution in [1.29, 1.82) is 0 Å². The molecule has 7 nitrogen and oxygen atoms in total. The lowest BCUT2D eigenvalue weighted by molar-refractivity contribution is -0.226. The Morgan fingerprint density at radius 3 is 2.32 bits per heavy atom. The normalized spacial score (nSPS) is 32.4. The number of aliphatic hydroxyl groups excluding tert-OH is 4. The second-order valence-electron chi connectivity index (χ2n) is 5.00. The van der Waals surface area contributed by atoms with Crippen molar-refractivity contribution in [3.05, 3.63) is 35.9 Å². The zero-order valence-corrected chi connectivity index (χ0v) is 13.5. The van der Waals surface area contributed by atoms with Gasteiger partial charge in [-0.05, 0) is 5.56 Å². The standard InChI is InChI=1S/C14H20N2O5.BrH/c15-10(6-8-4-2-1-3-5-8)16-14-13(20)12(19)11(18)9(7-17)21-14;/h1-5,9,11-14,17-20H,6-7H2,(H2,15,16);1H/t9-,11-,12+,13-,14-;/m1./s1. The highest BCUT2D eigenvalue weighted by Gasteiger charge is 2.43. The predicted molar refractivity (Wildman–Crippen MR) is 85.9 cm³/mol. The summed E-state index contributed by atoms with van der Waals surface area (Å²) in [7, 11) is 0. The van der Waals surface area contributed by atoms with E-state index in [2.05, 4.69) is 4.99 Å². The lowest BCUT2D eigenvalue weighted by atomic mass is 9.98. The maximum absolute atomic E-state index is 9.86. The third-order valence-electron chi connectivity index (χ3n) is 3.39. The number of nitrogens with zero attached hydrogens (tertiary/aromatic N) is 1. The van der Waals surface area contributed by atoms with E-state index in [0.717, 1.165) is 5.56 Å². The Labute approximate surface area is 138 Å². The summed E-state index contributed by atoms with van der Waals surface area (Å²) in [6.07, 6.45) is -5.99. The minimum Gasteiger partial charge on any atom is -0.394 e. The van der Waals surface area contributed by atoms with Crippen LogP contribution in [0.15, 0.2) is 35.3 Å². The van der Waals surface area contributed by atoms with Crippen LogP contribution in [0.3, 0.4) is 0 Å². The lowest BCUT2D eigenvalue weighted by Crippen LogP contribution is -2.58. The number of ether oxygens (including phenoxy) is 1. The third kappa shape index (κ3) is 4.48. The molecule has 0 amide bonds. The highest BCUT2D eigenvalue weighted by atomic mass is 79.9. The summed E-state index contributed by atoms with van der Waals surface area (Å²) < 4.78 is 5.26. The monoisotopic (exact) mass is 376 g/mol. The van der Waals surface area contributed by atoms with E-state index in [1.54, 1.807) is 0 Å². The summed E-state index contributed by atoms with van der Waals surface area (Å²) in [4.78, 5) is 4.04. The van der Waals surface area contributed by atoms with Gasteiger partial charge in [0.1, 0.15) is 30.3 Å². The number of hydrogen-bond acceptors (Lipinski definition) is 6. The van der Waals surface area contributed by atoms with Gasteiger partial charge in [-0.1, -0.05) is 30.3 Å². The van der Waals surface area contributed by atoms with Crippen LogP contribution < -0.4 is 5.73 Å². The van der Waals surface area contributed by atoms with Crippen LogP contribution in [-0.4, -0.2) is 63.5 Å². The molecule has 1 aliphatic rings. The number of amidine groups is 1. The summed E-state index contributed by atoms with van der Waals surface area (Å²) in [5, 5.41) is 38.3. The third-order valence-corrected chi connectivity index (χ3v) is 3.39. The van der Waals surface area contributed by atoms with Crippen LogP contribution in [-0.2, 0) is 11.2 Å². The van der Waals surface area contributed by atoms with E-state index in [1.807, 2.05) is 30.3 Å². The van der Waals surface area contributed by atoms with E-state index in [0.29, 0.717) is 6.42 Å². The molecule has 1 aromatic rings. The quantitative estimate of drug-likeness (QED) is 0.337. The average Bonchev–Trinajstić information content (AvgIpc) is 2.49. The number of benzene rings is 1. The van der Waals surface area contributed by atoms with E-state index < -0.39 is 37.3 Å². The number of nitrogens with two attached hydrogens (primary N) is 1. The van der Waals surface area contributed by atoms with Crippen LogP contribution >= 0.6 is 17.0 Å². The second-order valence-corrected chi connectivity index (χ2v) is 5.00. The second kappa shape index (κ2) is 8.56. The minimum atomic E-state index is -1.45. The molecular formula is C14H21BrN2O5. The predicted octanol–water partition coefficient (Wildman–Crippen LogP) is -1.04. The molecule has 0 aliphatic carbocycles. The first-order chi connectivity index (χ1) is 10.0. The largest absolute Gasteiger partial charge is 0.394 e. The molecule has 5 atom stereocenters. The highest BCUT2D eigenvalue weighted by molar-refractivity contribution is 8.93. The molecule has 2 rings (SSSR count). The fraction of sp³-hybridized carbons (Fsp3) is 0.500. The van der Waals surface area contributed by atoms with Crippen molar-refractivity contribution in [2.75, 3.05) is 6.61 Å². The Balaban J connectivity index is 0.00000242. The molecule has 0 saturated carbocycles. The van der Waals surface area contributed by atoms with Crippen molar-refractivity contribution < 1.29 is 25.2 Å². The van der Waals surface area contributed by atoms with Crippen molar-refractivity contribution >= 4 is 22.8 Å². The summed E-state index contributed by atoms with van der Waals surface area (Å²) in [5.41, 5.74) is 6.77. The van der Waals surface area contributed by atoms with Crippen LogP contribution in [0.1, 0.15) is 5.56 Å². The van der Waals surface area contributed by atoms with Crippen molar-refractivity contribution in [2.45, 2.75) is 37.1 Å². The summed E-state index contributed by atoms with van der Waals surface area (Å²) in [6, 6.07) is 9.40. The van der Waals surface area contributed by atoms with E-state index in [9.17, 15) is 15.3 Å². The number of rotatable bonds is 4. The van der Waals surface area contributed by atoms with Crippen molar-refractivity contribution in [3.8, 4) is 0 Å². The lowest BCUT2D eigenvalue weighted by Gasteiger charge is -2.38. The first kappa shape index (κ1) is 19.0. The molecule has 124 valence electrons. The molecule has 0 unspecified atom stereocenters. The van der Waals surface area contributed by atoms with Gasteiger partial charge >= 0.3 is 0 Å². The Morgan fingerprint density at radius 1 is 1.09 bits per heavy atom. The SMILES string of the molecule is Br.N/C(Cc1ccccc1)=N\[C@@H]1O[C@H](CO)[C@@H](O)[C@H](O)[C@H]1O. The van der Waals surface area contributed by atoms with Crippen LogP contribution in [0.25, 0.3) is 0 Å². The Hall–Kier alpha value is -1.03. The molecule has 1 aliphatic heterocycles. The van der Waals surface area contributed by atoms with Gasteiger partial charge in [0, 0.05) is 6.42 Å². The van der Waals surface area contributed by atoms with Crippen LogP contribution in [0, 0.1) is 0 Å². The van der Waals surface area contributed by atoms with Gasteiger partial charge in [-0.15, -0.1) is 17.0 Å². The fourth-order valence-corrected chi connectivity index (χ4v) is 2.20. The minimum absolute atomic E-state index is 0. The zero-order valence-electron chi connectivity index (χ0n) is 11.8. The highest BCUT2D eigenvalue weighted by Crippen LogP contribution is 2.22. The van der Waals surface area contributed by atoms with Gasteiger partial charge in [-0.3, -0.25) is 0 Å². The molecule has 1 aromatic carbocycles. The van der Waals surface area contributed by atoms with Gasteiger partial charge in [0.25, 0.3) is 0 Å². The van der Waals surface area contributed by atoms with Crippen LogP contribution in [0.5, 0.6) is 0 Å². The first-order valence-corrected chi connectivity index (χ1v) is 6.69. The molecule has 8 heteroatoms. The molecular weight excluding hydrogens is 356 g/mol. The zero-order chi connectivity index (χ0) is 15.4. The summed E-state index contributed by atoms with van der Waals surface area (Å²) in [6.45, 7) is -0.491. The molecule has 0 radical (unpaired) electrons. The van der Waals surface area contributed by atoms with Gasteiger partial charge in [0.15, 0.2) is 6.23 Å². The fourth-order valence-electron chi connectivity index (χ4n) is 2.20. The maximum atomic E-state index is 9.86. The molecule has 6 N–H and O–H groups in total. The molecule has 1 fully saturated rings. The molecule has 0 aromatic heterocycles. The van der Waals surface area contributed by atoms with Crippen molar-refractivity contribution in [2.24, 2.45) is 10.7 Å². The van der Waals surface area contributed by atoms with Gasteiger partial charge in [-0.25, -0.2) is 4.99 Å². The number of aliphatic hydroxyl groups is 4. The maximum Gasteiger partial charge on any atom is 0.179 e. The molecule has 0 bridgehead atoms. The van der Waals surface area contributed by atoms with Crippen LogP contribution in [0.2, 0.25) is 0 Å². The molecule has 1 heterocycles. The Bertz CT molecular complexity index is 485. The van der Waals surface area contributed by atoms with E-state index in [4.69, 9.17) is 15.6 Å². The topological polar surface area (TPSA) is 129 Å². The Kier molecular flexibility index (Phi) is 7.40. The first-order valence-electron chi connectivity index (χ1n) is 6.69. The van der Waals surface area contributed by atoms with Crippen molar-refractivity contribution in [1.82, 2.24) is 0 Å². The van der Waals surface area contributed by atoms with Gasteiger partial charge in [0.05, 0.1) is 6.61 Å². The van der Waals surface area contributed by atoms with E-state index in [-0.39, 0.29) is 22.8 Å². The molecule has 22 heavy (non-hydrogen) atoms. The smallest absolute Gasteiger partial charge is 0.179 e. The number of hydrogen-bond donors (Lipinski definition) is 5. The van der Waals surface area contributed by atoms with E-state index >= 15 is 0 Å². The van der Waals surface area contributed by atoms with Gasteiger partial charge in [-0.2, -0.15) is 0 Å². The Morgan fingerprint density at radius 2 is 1.73 bits per heavy atom. The van der Waals surface area contributed by atoms with E-state index in [1.165, 1.54) is 0 Å². The van der Waals surface area contributed by atoms with Crippen LogP contribution in [0.4, 0.5) is 0 Å². The average molecular weight is 377 g/mol. The number of aliphatic imine (C=N–C) groups is 1. The molecule has 0 spiro atoms. The van der Waals surface area contributed by atoms with Gasteiger partial charge in [0.2, 0.25) is 0 Å². The van der Waals surface area contributed by atoms with Crippen molar-refractivity contribution in [3.63, 3.8) is 0 Å².